The Kier molecular flexibility index (Phi) is 3.80. The minimum Gasteiger partial charge on any atom is -0.445 e. The van der Waals surface area contributed by atoms with Crippen molar-refractivity contribution in [3.05, 3.63) is 0 Å². The van der Waals surface area contributed by atoms with Crippen molar-refractivity contribution in [1.29, 1.82) is 0 Å². The van der Waals surface area contributed by atoms with Gasteiger partial charge in [0.25, 0.3) is 0 Å². The average molecular weight is 227 g/mol. The Labute approximate surface area is 94.5 Å². The van der Waals surface area contributed by atoms with Crippen LogP contribution in [-0.4, -0.2) is 30.8 Å². The lowest BCUT2D eigenvalue weighted by Gasteiger charge is -2.22. The third-order valence-electron chi connectivity index (χ3n) is 2.48. The molecule has 1 aliphatic heterocycles. The average Bonchev–Trinajstić information content (AvgIpc) is 2.59. The number of hydrogen-bond donors (Lipinski definition) is 1. The van der Waals surface area contributed by atoms with E-state index in [4.69, 9.17) is 4.74 Å². The smallest absolute Gasteiger partial charge is 0.312 e. The van der Waals surface area contributed by atoms with E-state index in [1.54, 1.807) is 20.8 Å². The Bertz CT molecular complexity index is 295. The van der Waals surface area contributed by atoms with Crippen LogP contribution in [0.3, 0.4) is 0 Å². The molecule has 1 rings (SSSR count). The van der Waals surface area contributed by atoms with Crippen molar-refractivity contribution >= 4 is 18.5 Å². The molecule has 0 spiro atoms. The molecule has 1 N–H and O–H groups in total. The van der Waals surface area contributed by atoms with Crippen molar-refractivity contribution in [2.45, 2.75) is 39.5 Å². The van der Waals surface area contributed by atoms with Crippen molar-refractivity contribution in [2.24, 2.45) is 11.3 Å². The molecule has 0 radical (unpaired) electrons. The summed E-state index contributed by atoms with van der Waals surface area (Å²) >= 11 is 0. The molecule has 5 heteroatoms. The van der Waals surface area contributed by atoms with Gasteiger partial charge in [-0.05, 0) is 27.2 Å². The van der Waals surface area contributed by atoms with E-state index in [2.05, 4.69) is 5.32 Å². The number of ether oxygens (including phenoxy) is 1. The zero-order chi connectivity index (χ0) is 12.3. The van der Waals surface area contributed by atoms with Gasteiger partial charge in [0, 0.05) is 0 Å². The Morgan fingerprint density at radius 1 is 1.31 bits per heavy atom. The minimum atomic E-state index is -0.681. The summed E-state index contributed by atoms with van der Waals surface area (Å²) in [5.74, 6) is -0.829. The van der Waals surface area contributed by atoms with E-state index in [9.17, 15) is 14.4 Å². The standard InChI is InChI=1S/C11H17NO4/c1-11(2,3)10(15)16-9-7(5-13)4-8(6-14)12-9/h5-9,12H,4H2,1-3H3. The molecule has 1 fully saturated rings. The predicted molar refractivity (Wildman–Crippen MR) is 56.5 cm³/mol. The highest BCUT2D eigenvalue weighted by molar-refractivity contribution is 5.76. The van der Waals surface area contributed by atoms with Gasteiger partial charge in [0.2, 0.25) is 0 Å². The van der Waals surface area contributed by atoms with Gasteiger partial charge in [-0.3, -0.25) is 10.1 Å². The Morgan fingerprint density at radius 3 is 2.38 bits per heavy atom. The highest BCUT2D eigenvalue weighted by Crippen LogP contribution is 2.23. The van der Waals surface area contributed by atoms with Gasteiger partial charge in [-0.15, -0.1) is 0 Å². The Balaban J connectivity index is 2.63. The molecule has 0 aromatic carbocycles. The lowest BCUT2D eigenvalue weighted by atomic mass is 9.97. The molecular formula is C11H17NO4. The number of nitrogens with one attached hydrogen (secondary N) is 1. The number of aldehydes is 2. The lowest BCUT2D eigenvalue weighted by Crippen LogP contribution is -2.39. The molecule has 3 atom stereocenters. The monoisotopic (exact) mass is 227 g/mol. The van der Waals surface area contributed by atoms with E-state index >= 15 is 0 Å². The van der Waals surface area contributed by atoms with Crippen molar-refractivity contribution in [2.75, 3.05) is 0 Å². The number of carbonyl (C=O) groups is 3. The number of carbonyl (C=O) groups excluding carboxylic acids is 3. The van der Waals surface area contributed by atoms with Gasteiger partial charge >= 0.3 is 5.97 Å². The molecular weight excluding hydrogens is 210 g/mol. The number of rotatable bonds is 3. The topological polar surface area (TPSA) is 72.5 Å². The van der Waals surface area contributed by atoms with Crippen molar-refractivity contribution in [3.8, 4) is 0 Å². The van der Waals surface area contributed by atoms with Gasteiger partial charge in [0.1, 0.15) is 12.6 Å². The summed E-state index contributed by atoms with van der Waals surface area (Å²) < 4.78 is 5.17. The maximum atomic E-state index is 11.6. The number of hydrogen-bond acceptors (Lipinski definition) is 5. The molecule has 0 aromatic heterocycles. The van der Waals surface area contributed by atoms with Crippen LogP contribution in [0, 0.1) is 11.3 Å². The highest BCUT2D eigenvalue weighted by atomic mass is 16.6. The van der Waals surface area contributed by atoms with E-state index in [0.29, 0.717) is 6.42 Å². The summed E-state index contributed by atoms with van der Waals surface area (Å²) in [5.41, 5.74) is -0.617. The van der Waals surface area contributed by atoms with Crippen molar-refractivity contribution in [3.63, 3.8) is 0 Å². The SMILES string of the molecule is CC(C)(C)C(=O)OC1NC(C=O)CC1C=O. The van der Waals surface area contributed by atoms with Gasteiger partial charge in [0.05, 0.1) is 17.4 Å². The first-order valence-electron chi connectivity index (χ1n) is 5.26. The van der Waals surface area contributed by atoms with Crippen LogP contribution in [0.15, 0.2) is 0 Å². The second kappa shape index (κ2) is 4.74. The number of esters is 1. The molecule has 0 aliphatic carbocycles. The van der Waals surface area contributed by atoms with Gasteiger partial charge < -0.3 is 14.3 Å². The fourth-order valence-electron chi connectivity index (χ4n) is 1.45. The van der Waals surface area contributed by atoms with E-state index in [1.165, 1.54) is 0 Å². The second-order valence-electron chi connectivity index (χ2n) is 5.02. The van der Waals surface area contributed by atoms with Crippen LogP contribution in [-0.2, 0) is 19.1 Å². The quantitative estimate of drug-likeness (QED) is 0.553. The molecule has 1 heterocycles. The maximum Gasteiger partial charge on any atom is 0.312 e. The van der Waals surface area contributed by atoms with Crippen LogP contribution in [0.4, 0.5) is 0 Å². The summed E-state index contributed by atoms with van der Waals surface area (Å²) in [6.45, 7) is 5.20. The molecule has 90 valence electrons. The summed E-state index contributed by atoms with van der Waals surface area (Å²) in [5, 5.41) is 2.80. The zero-order valence-electron chi connectivity index (χ0n) is 9.73. The van der Waals surface area contributed by atoms with Gasteiger partial charge in [-0.25, -0.2) is 0 Å². The molecule has 1 aliphatic rings. The molecule has 16 heavy (non-hydrogen) atoms. The fraction of sp³-hybridized carbons (Fsp3) is 0.727. The normalized spacial score (nSPS) is 29.8. The third-order valence-corrected chi connectivity index (χ3v) is 2.48. The molecule has 0 amide bonds. The van der Waals surface area contributed by atoms with E-state index < -0.39 is 23.6 Å². The highest BCUT2D eigenvalue weighted by Gasteiger charge is 2.37. The van der Waals surface area contributed by atoms with E-state index in [0.717, 1.165) is 12.6 Å². The lowest BCUT2D eigenvalue weighted by molar-refractivity contribution is -0.162. The summed E-state index contributed by atoms with van der Waals surface area (Å²) in [6, 6.07) is -0.409. The first kappa shape index (κ1) is 12.8. The summed E-state index contributed by atoms with van der Waals surface area (Å²) in [4.78, 5) is 33.0. The van der Waals surface area contributed by atoms with Crippen molar-refractivity contribution < 1.29 is 19.1 Å². The Morgan fingerprint density at radius 2 is 1.94 bits per heavy atom. The van der Waals surface area contributed by atoms with Crippen molar-refractivity contribution in [1.82, 2.24) is 5.32 Å². The molecule has 3 unspecified atom stereocenters. The van der Waals surface area contributed by atoms with Crippen LogP contribution in [0.25, 0.3) is 0 Å². The largest absolute Gasteiger partial charge is 0.445 e. The summed E-state index contributed by atoms with van der Waals surface area (Å²) in [6.07, 6.45) is 1.15. The Hall–Kier alpha value is -1.23. The van der Waals surface area contributed by atoms with Crippen LogP contribution in [0.2, 0.25) is 0 Å². The molecule has 0 bridgehead atoms. The zero-order valence-corrected chi connectivity index (χ0v) is 9.73. The van der Waals surface area contributed by atoms with E-state index in [-0.39, 0.29) is 5.97 Å². The second-order valence-corrected chi connectivity index (χ2v) is 5.02. The fourth-order valence-corrected chi connectivity index (χ4v) is 1.45. The third kappa shape index (κ3) is 2.88. The molecule has 1 saturated heterocycles. The van der Waals surface area contributed by atoms with Crippen LogP contribution in [0.5, 0.6) is 0 Å². The molecule has 0 saturated carbocycles. The van der Waals surface area contributed by atoms with E-state index in [1.807, 2.05) is 0 Å². The van der Waals surface area contributed by atoms with Gasteiger partial charge in [-0.2, -0.15) is 0 Å². The molecule has 0 aromatic rings. The first-order valence-corrected chi connectivity index (χ1v) is 5.26. The first-order chi connectivity index (χ1) is 7.38. The van der Waals surface area contributed by atoms with Crippen LogP contribution < -0.4 is 5.32 Å². The predicted octanol–water partition coefficient (Wildman–Crippen LogP) is 0.278. The minimum absolute atomic E-state index is 0.384. The van der Waals surface area contributed by atoms with Crippen LogP contribution >= 0.6 is 0 Å². The van der Waals surface area contributed by atoms with Crippen LogP contribution in [0.1, 0.15) is 27.2 Å². The summed E-state index contributed by atoms with van der Waals surface area (Å²) in [7, 11) is 0. The van der Waals surface area contributed by atoms with Gasteiger partial charge in [0.15, 0.2) is 6.23 Å². The van der Waals surface area contributed by atoms with Gasteiger partial charge in [-0.1, -0.05) is 0 Å². The molecule has 5 nitrogen and oxygen atoms in total. The maximum absolute atomic E-state index is 11.6.